The van der Waals surface area contributed by atoms with Crippen molar-refractivity contribution in [2.24, 2.45) is 0 Å². The van der Waals surface area contributed by atoms with Crippen LogP contribution >= 0.6 is 22.9 Å². The van der Waals surface area contributed by atoms with E-state index in [2.05, 4.69) is 15.0 Å². The van der Waals surface area contributed by atoms with Gasteiger partial charge in [0.2, 0.25) is 0 Å². The molecule has 0 bridgehead atoms. The van der Waals surface area contributed by atoms with Gasteiger partial charge in [-0.15, -0.1) is 11.3 Å². The molecule has 0 aliphatic rings. The van der Waals surface area contributed by atoms with Crippen LogP contribution in [0.1, 0.15) is 10.5 Å². The second-order valence-corrected chi connectivity index (χ2v) is 5.57. The summed E-state index contributed by atoms with van der Waals surface area (Å²) in [5.41, 5.74) is 0.998. The van der Waals surface area contributed by atoms with Crippen molar-refractivity contribution in [1.82, 2.24) is 10.3 Å². The number of hydrogen-bond donors (Lipinski definition) is 2. The summed E-state index contributed by atoms with van der Waals surface area (Å²) >= 11 is 7.11. The Hall–Kier alpha value is -1.96. The molecular formula is C14H13ClN2O4S. The fourth-order valence-electron chi connectivity index (χ4n) is 1.66. The molecule has 1 aromatic carbocycles. The van der Waals surface area contributed by atoms with E-state index in [1.54, 1.807) is 29.6 Å². The van der Waals surface area contributed by atoms with Crippen LogP contribution in [0.2, 0.25) is 5.02 Å². The summed E-state index contributed by atoms with van der Waals surface area (Å²) in [6, 6.07) is 5.95. The lowest BCUT2D eigenvalue weighted by molar-refractivity contribution is -0.143. The molecule has 1 aromatic heterocycles. The quantitative estimate of drug-likeness (QED) is 0.809. The van der Waals surface area contributed by atoms with Crippen molar-refractivity contribution < 1.29 is 19.4 Å². The van der Waals surface area contributed by atoms with Crippen molar-refractivity contribution in [1.29, 1.82) is 0 Å². The summed E-state index contributed by atoms with van der Waals surface area (Å²) in [6.45, 7) is -0.549. The summed E-state index contributed by atoms with van der Waals surface area (Å²) in [5, 5.41) is 14.3. The van der Waals surface area contributed by atoms with Gasteiger partial charge in [0, 0.05) is 16.0 Å². The molecule has 8 heteroatoms. The van der Waals surface area contributed by atoms with Crippen molar-refractivity contribution >= 4 is 34.8 Å². The molecule has 0 radical (unpaired) electrons. The molecule has 0 fully saturated rings. The molecule has 116 valence electrons. The molecule has 2 aromatic rings. The molecule has 2 N–H and O–H groups in total. The molecule has 0 saturated carbocycles. The molecule has 22 heavy (non-hydrogen) atoms. The Morgan fingerprint density at radius 1 is 1.41 bits per heavy atom. The van der Waals surface area contributed by atoms with Gasteiger partial charge in [-0.05, 0) is 12.1 Å². The highest BCUT2D eigenvalue weighted by Gasteiger charge is 2.22. The maximum absolute atomic E-state index is 12.0. The standard InChI is InChI=1S/C14H13ClN2O4S/c1-21-14(20)10(6-18)16-12(19)11-7-22-13(17-11)8-2-4-9(15)5-3-8/h2-5,7,10,18H,6H2,1H3,(H,16,19). The Labute approximate surface area is 135 Å². The van der Waals surface area contributed by atoms with Gasteiger partial charge in [0.25, 0.3) is 5.91 Å². The van der Waals surface area contributed by atoms with Crippen LogP contribution in [-0.2, 0) is 9.53 Å². The van der Waals surface area contributed by atoms with E-state index < -0.39 is 24.5 Å². The lowest BCUT2D eigenvalue weighted by atomic mass is 10.2. The Morgan fingerprint density at radius 2 is 2.09 bits per heavy atom. The molecule has 2 rings (SSSR count). The van der Waals surface area contributed by atoms with Gasteiger partial charge in [-0.1, -0.05) is 23.7 Å². The van der Waals surface area contributed by atoms with Crippen molar-refractivity contribution in [2.45, 2.75) is 6.04 Å². The number of esters is 1. The maximum atomic E-state index is 12.0. The van der Waals surface area contributed by atoms with Gasteiger partial charge in [-0.2, -0.15) is 0 Å². The first-order chi connectivity index (χ1) is 10.5. The zero-order valence-corrected chi connectivity index (χ0v) is 13.1. The molecular weight excluding hydrogens is 328 g/mol. The molecule has 0 aliphatic carbocycles. The van der Waals surface area contributed by atoms with E-state index in [0.717, 1.165) is 5.56 Å². The third-order valence-corrected chi connectivity index (χ3v) is 3.94. The van der Waals surface area contributed by atoms with E-state index in [4.69, 9.17) is 16.7 Å². The molecule has 0 saturated heterocycles. The van der Waals surface area contributed by atoms with Gasteiger partial charge in [0.05, 0.1) is 13.7 Å². The van der Waals surface area contributed by atoms with E-state index in [1.165, 1.54) is 18.4 Å². The lowest BCUT2D eigenvalue weighted by Gasteiger charge is -2.12. The number of rotatable bonds is 5. The largest absolute Gasteiger partial charge is 0.467 e. The number of nitrogens with zero attached hydrogens (tertiary/aromatic N) is 1. The summed E-state index contributed by atoms with van der Waals surface area (Å²) in [7, 11) is 1.18. The number of aromatic nitrogens is 1. The minimum Gasteiger partial charge on any atom is -0.467 e. The number of thiazole rings is 1. The fourth-order valence-corrected chi connectivity index (χ4v) is 2.59. The number of amides is 1. The van der Waals surface area contributed by atoms with Crippen LogP contribution in [0, 0.1) is 0 Å². The SMILES string of the molecule is COC(=O)C(CO)NC(=O)c1csc(-c2ccc(Cl)cc2)n1. The number of methoxy groups -OCH3 is 1. The second-order valence-electron chi connectivity index (χ2n) is 4.28. The van der Waals surface area contributed by atoms with Crippen LogP contribution in [0.15, 0.2) is 29.6 Å². The minimum atomic E-state index is -1.11. The number of halogens is 1. The Balaban J connectivity index is 2.12. The zero-order valence-electron chi connectivity index (χ0n) is 11.6. The first-order valence-electron chi connectivity index (χ1n) is 6.26. The topological polar surface area (TPSA) is 88.5 Å². The van der Waals surface area contributed by atoms with E-state index in [-0.39, 0.29) is 5.69 Å². The summed E-state index contributed by atoms with van der Waals surface area (Å²) < 4.78 is 4.48. The van der Waals surface area contributed by atoms with Gasteiger partial charge in [0.15, 0.2) is 6.04 Å². The summed E-state index contributed by atoms with van der Waals surface area (Å²) in [5.74, 6) is -1.27. The summed E-state index contributed by atoms with van der Waals surface area (Å²) in [6.07, 6.45) is 0. The van der Waals surface area contributed by atoms with Gasteiger partial charge in [-0.25, -0.2) is 9.78 Å². The van der Waals surface area contributed by atoms with E-state index in [0.29, 0.717) is 10.0 Å². The van der Waals surface area contributed by atoms with Crippen molar-refractivity contribution in [3.63, 3.8) is 0 Å². The molecule has 1 atom stereocenters. The van der Waals surface area contributed by atoms with Gasteiger partial charge >= 0.3 is 5.97 Å². The Kier molecular flexibility index (Phi) is 5.48. The van der Waals surface area contributed by atoms with E-state index in [9.17, 15) is 9.59 Å². The zero-order chi connectivity index (χ0) is 16.1. The van der Waals surface area contributed by atoms with Crippen LogP contribution in [0.3, 0.4) is 0 Å². The maximum Gasteiger partial charge on any atom is 0.330 e. The second kappa shape index (κ2) is 7.35. The van der Waals surface area contributed by atoms with Crippen molar-refractivity contribution in [3.05, 3.63) is 40.4 Å². The number of aliphatic hydroxyl groups is 1. The predicted molar refractivity (Wildman–Crippen MR) is 82.9 cm³/mol. The van der Waals surface area contributed by atoms with Gasteiger partial charge in [0.1, 0.15) is 10.7 Å². The first-order valence-corrected chi connectivity index (χ1v) is 7.52. The highest BCUT2D eigenvalue weighted by molar-refractivity contribution is 7.13. The van der Waals surface area contributed by atoms with E-state index in [1.807, 2.05) is 0 Å². The Morgan fingerprint density at radius 3 is 2.68 bits per heavy atom. The molecule has 1 amide bonds. The van der Waals surface area contributed by atoms with Crippen LogP contribution in [0.25, 0.3) is 10.6 Å². The van der Waals surface area contributed by atoms with Crippen LogP contribution in [-0.4, -0.2) is 41.7 Å². The number of benzene rings is 1. The first kappa shape index (κ1) is 16.4. The molecule has 1 heterocycles. The molecule has 0 aliphatic heterocycles. The van der Waals surface area contributed by atoms with Crippen LogP contribution < -0.4 is 5.32 Å². The number of hydrogen-bond acceptors (Lipinski definition) is 6. The monoisotopic (exact) mass is 340 g/mol. The molecule has 0 spiro atoms. The van der Waals surface area contributed by atoms with Gasteiger partial charge < -0.3 is 15.2 Å². The number of carbonyl (C=O) groups excluding carboxylic acids is 2. The number of nitrogens with one attached hydrogen (secondary N) is 1. The minimum absolute atomic E-state index is 0.164. The summed E-state index contributed by atoms with van der Waals surface area (Å²) in [4.78, 5) is 27.6. The Bertz CT molecular complexity index is 672. The van der Waals surface area contributed by atoms with E-state index >= 15 is 0 Å². The third-order valence-electron chi connectivity index (χ3n) is 2.80. The van der Waals surface area contributed by atoms with Crippen molar-refractivity contribution in [2.75, 3.05) is 13.7 Å². The normalized spacial score (nSPS) is 11.8. The average Bonchev–Trinajstić information content (AvgIpc) is 3.02. The van der Waals surface area contributed by atoms with Crippen LogP contribution in [0.5, 0.6) is 0 Å². The fraction of sp³-hybridized carbons (Fsp3) is 0.214. The van der Waals surface area contributed by atoms with Gasteiger partial charge in [-0.3, -0.25) is 4.79 Å². The highest BCUT2D eigenvalue weighted by Crippen LogP contribution is 2.25. The van der Waals surface area contributed by atoms with Crippen LogP contribution in [0.4, 0.5) is 0 Å². The van der Waals surface area contributed by atoms with Crippen molar-refractivity contribution in [3.8, 4) is 10.6 Å². The molecule has 1 unspecified atom stereocenters. The number of carbonyl (C=O) groups is 2. The highest BCUT2D eigenvalue weighted by atomic mass is 35.5. The number of ether oxygens (including phenoxy) is 1. The lowest BCUT2D eigenvalue weighted by Crippen LogP contribution is -2.44. The molecule has 6 nitrogen and oxygen atoms in total. The predicted octanol–water partition coefficient (Wildman–Crippen LogP) is 1.73. The third kappa shape index (κ3) is 3.82. The smallest absolute Gasteiger partial charge is 0.330 e. The number of aliphatic hydroxyl groups excluding tert-OH is 1. The average molecular weight is 341 g/mol.